The summed E-state index contributed by atoms with van der Waals surface area (Å²) in [5.41, 5.74) is 0. The van der Waals surface area contributed by atoms with Crippen LogP contribution in [-0.2, 0) is 22.5 Å². The highest BCUT2D eigenvalue weighted by Gasteiger charge is 2.23. The Morgan fingerprint density at radius 1 is 1.44 bits per heavy atom. The molecule has 0 spiro atoms. The summed E-state index contributed by atoms with van der Waals surface area (Å²) in [6.45, 7) is 7.02. The van der Waals surface area contributed by atoms with E-state index in [-0.39, 0.29) is 11.9 Å². The number of hydrogen-bond acceptors (Lipinski definition) is 5. The molecular weight excluding hydrogens is 232 g/mol. The predicted molar refractivity (Wildman–Crippen MR) is 66.8 cm³/mol. The van der Waals surface area contributed by atoms with Crippen molar-refractivity contribution in [3.05, 3.63) is 5.82 Å². The number of nitrogens with zero attached hydrogens (tertiary/aromatic N) is 4. The van der Waals surface area contributed by atoms with Gasteiger partial charge < -0.3 is 4.74 Å². The standard InChI is InChI=1S/C12H22N4O2/c1-5-6-16-11(13-14-15-16)8-10(7-9(2)3)12(17)18-4/h9-10H,5-8H2,1-4H3/t10-/m1/s1. The van der Waals surface area contributed by atoms with E-state index in [1.165, 1.54) is 7.11 Å². The summed E-state index contributed by atoms with van der Waals surface area (Å²) in [4.78, 5) is 11.7. The van der Waals surface area contributed by atoms with E-state index in [1.807, 2.05) is 0 Å². The van der Waals surface area contributed by atoms with Gasteiger partial charge in [0.2, 0.25) is 0 Å². The van der Waals surface area contributed by atoms with Crippen molar-refractivity contribution >= 4 is 5.97 Å². The minimum absolute atomic E-state index is 0.170. The van der Waals surface area contributed by atoms with Crippen molar-refractivity contribution in [1.82, 2.24) is 20.2 Å². The van der Waals surface area contributed by atoms with Crippen LogP contribution in [0.15, 0.2) is 0 Å². The Balaban J connectivity index is 2.75. The quantitative estimate of drug-likeness (QED) is 0.689. The molecule has 1 aromatic heterocycles. The first-order valence-corrected chi connectivity index (χ1v) is 6.41. The molecule has 6 heteroatoms. The zero-order valence-corrected chi connectivity index (χ0v) is 11.6. The average molecular weight is 254 g/mol. The fraction of sp³-hybridized carbons (Fsp3) is 0.833. The van der Waals surface area contributed by atoms with Crippen molar-refractivity contribution in [2.24, 2.45) is 11.8 Å². The molecule has 1 aromatic rings. The molecule has 0 bridgehead atoms. The molecule has 0 saturated heterocycles. The summed E-state index contributed by atoms with van der Waals surface area (Å²) in [5.74, 6) is 0.837. The lowest BCUT2D eigenvalue weighted by Crippen LogP contribution is -2.22. The number of aromatic nitrogens is 4. The first-order valence-electron chi connectivity index (χ1n) is 6.41. The summed E-state index contributed by atoms with van der Waals surface area (Å²) in [7, 11) is 1.42. The lowest BCUT2D eigenvalue weighted by atomic mass is 9.94. The van der Waals surface area contributed by atoms with Crippen LogP contribution in [-0.4, -0.2) is 33.3 Å². The number of tetrazole rings is 1. The third-order valence-corrected chi connectivity index (χ3v) is 2.76. The summed E-state index contributed by atoms with van der Waals surface area (Å²) in [5, 5.41) is 11.6. The number of carbonyl (C=O) groups is 1. The maximum absolute atomic E-state index is 11.7. The topological polar surface area (TPSA) is 69.9 Å². The molecule has 102 valence electrons. The number of methoxy groups -OCH3 is 1. The zero-order valence-electron chi connectivity index (χ0n) is 11.6. The Labute approximate surface area is 108 Å². The fourth-order valence-corrected chi connectivity index (χ4v) is 1.97. The molecule has 18 heavy (non-hydrogen) atoms. The molecule has 0 fully saturated rings. The van der Waals surface area contributed by atoms with Gasteiger partial charge in [0, 0.05) is 13.0 Å². The molecule has 1 heterocycles. The van der Waals surface area contributed by atoms with E-state index in [2.05, 4.69) is 36.3 Å². The Hall–Kier alpha value is -1.46. The monoisotopic (exact) mass is 254 g/mol. The number of aryl methyl sites for hydroxylation is 1. The molecule has 0 N–H and O–H groups in total. The van der Waals surface area contributed by atoms with Gasteiger partial charge in [-0.3, -0.25) is 4.79 Å². The van der Waals surface area contributed by atoms with Gasteiger partial charge in [0.1, 0.15) is 0 Å². The molecular formula is C12H22N4O2. The van der Waals surface area contributed by atoms with Crippen LogP contribution in [0.2, 0.25) is 0 Å². The third kappa shape index (κ3) is 4.09. The Bertz CT molecular complexity index is 376. The molecule has 0 aliphatic rings. The zero-order chi connectivity index (χ0) is 13.5. The molecule has 0 aliphatic heterocycles. The predicted octanol–water partition coefficient (Wildman–Crippen LogP) is 1.46. The lowest BCUT2D eigenvalue weighted by molar-refractivity contribution is -0.146. The third-order valence-electron chi connectivity index (χ3n) is 2.76. The van der Waals surface area contributed by atoms with E-state index < -0.39 is 0 Å². The van der Waals surface area contributed by atoms with Crippen molar-refractivity contribution in [1.29, 1.82) is 0 Å². The van der Waals surface area contributed by atoms with Crippen LogP contribution < -0.4 is 0 Å². The van der Waals surface area contributed by atoms with Crippen molar-refractivity contribution in [3.8, 4) is 0 Å². The maximum Gasteiger partial charge on any atom is 0.309 e. The minimum Gasteiger partial charge on any atom is -0.469 e. The Kier molecular flexibility index (Phi) is 5.74. The van der Waals surface area contributed by atoms with Gasteiger partial charge in [-0.25, -0.2) is 4.68 Å². The number of carbonyl (C=O) groups excluding carboxylic acids is 1. The first-order chi connectivity index (χ1) is 8.58. The van der Waals surface area contributed by atoms with Crippen molar-refractivity contribution in [2.75, 3.05) is 7.11 Å². The van der Waals surface area contributed by atoms with E-state index in [9.17, 15) is 4.79 Å². The highest BCUT2D eigenvalue weighted by molar-refractivity contribution is 5.72. The van der Waals surface area contributed by atoms with Gasteiger partial charge in [-0.2, -0.15) is 0 Å². The summed E-state index contributed by atoms with van der Waals surface area (Å²) < 4.78 is 6.61. The smallest absolute Gasteiger partial charge is 0.309 e. The van der Waals surface area contributed by atoms with Gasteiger partial charge in [-0.1, -0.05) is 20.8 Å². The second kappa shape index (κ2) is 7.08. The molecule has 1 rings (SSSR count). The fourth-order valence-electron chi connectivity index (χ4n) is 1.97. The molecule has 1 atom stereocenters. The molecule has 0 unspecified atom stereocenters. The number of rotatable bonds is 7. The van der Waals surface area contributed by atoms with Gasteiger partial charge >= 0.3 is 5.97 Å². The number of ether oxygens (including phenoxy) is 1. The maximum atomic E-state index is 11.7. The molecule has 0 saturated carbocycles. The lowest BCUT2D eigenvalue weighted by Gasteiger charge is -2.16. The van der Waals surface area contributed by atoms with E-state index in [0.717, 1.165) is 25.2 Å². The van der Waals surface area contributed by atoms with E-state index in [4.69, 9.17) is 4.74 Å². The molecule has 0 aromatic carbocycles. The number of hydrogen-bond donors (Lipinski definition) is 0. The van der Waals surface area contributed by atoms with Crippen molar-refractivity contribution in [3.63, 3.8) is 0 Å². The van der Waals surface area contributed by atoms with E-state index >= 15 is 0 Å². The van der Waals surface area contributed by atoms with Crippen molar-refractivity contribution in [2.45, 2.75) is 46.6 Å². The average Bonchev–Trinajstić information content (AvgIpc) is 2.75. The van der Waals surface area contributed by atoms with Crippen LogP contribution in [0.4, 0.5) is 0 Å². The van der Waals surface area contributed by atoms with Crippen LogP contribution >= 0.6 is 0 Å². The van der Waals surface area contributed by atoms with Crippen LogP contribution in [0.1, 0.15) is 39.4 Å². The van der Waals surface area contributed by atoms with Crippen molar-refractivity contribution < 1.29 is 9.53 Å². The van der Waals surface area contributed by atoms with Gasteiger partial charge in [0.25, 0.3) is 0 Å². The van der Waals surface area contributed by atoms with Crippen LogP contribution in [0.5, 0.6) is 0 Å². The Morgan fingerprint density at radius 3 is 2.72 bits per heavy atom. The van der Waals surface area contributed by atoms with Gasteiger partial charge in [0.05, 0.1) is 13.0 Å². The minimum atomic E-state index is -0.185. The second-order valence-electron chi connectivity index (χ2n) is 4.87. The first kappa shape index (κ1) is 14.6. The highest BCUT2D eigenvalue weighted by Crippen LogP contribution is 2.17. The number of esters is 1. The van der Waals surface area contributed by atoms with E-state index in [1.54, 1.807) is 4.68 Å². The SMILES string of the molecule is CCCn1nnnc1C[C@@H](CC(C)C)C(=O)OC. The van der Waals surface area contributed by atoms with Gasteiger partial charge in [-0.05, 0) is 29.2 Å². The second-order valence-corrected chi connectivity index (χ2v) is 4.87. The summed E-state index contributed by atoms with van der Waals surface area (Å²) in [6, 6.07) is 0. The molecule has 0 amide bonds. The van der Waals surface area contributed by atoms with Crippen LogP contribution in [0, 0.1) is 11.8 Å². The van der Waals surface area contributed by atoms with Gasteiger partial charge in [0.15, 0.2) is 5.82 Å². The highest BCUT2D eigenvalue weighted by atomic mass is 16.5. The van der Waals surface area contributed by atoms with E-state index in [0.29, 0.717) is 12.3 Å². The van der Waals surface area contributed by atoms with Gasteiger partial charge in [-0.15, -0.1) is 5.10 Å². The molecule has 0 aliphatic carbocycles. The normalized spacial score (nSPS) is 12.7. The Morgan fingerprint density at radius 2 is 2.17 bits per heavy atom. The van der Waals surface area contributed by atoms with Crippen LogP contribution in [0.3, 0.4) is 0 Å². The molecule has 6 nitrogen and oxygen atoms in total. The largest absolute Gasteiger partial charge is 0.469 e. The van der Waals surface area contributed by atoms with Crippen LogP contribution in [0.25, 0.3) is 0 Å². The summed E-state index contributed by atoms with van der Waals surface area (Å²) >= 11 is 0. The summed E-state index contributed by atoms with van der Waals surface area (Å²) in [6.07, 6.45) is 2.29. The molecule has 0 radical (unpaired) electrons.